The second kappa shape index (κ2) is 13.0. The van der Waals surface area contributed by atoms with Crippen molar-refractivity contribution in [1.82, 2.24) is 15.1 Å². The van der Waals surface area contributed by atoms with Gasteiger partial charge in [0.15, 0.2) is 0 Å². The molecule has 0 bridgehead atoms. The number of carboxylic acid groups (broad SMARTS) is 1. The fourth-order valence-electron chi connectivity index (χ4n) is 4.45. The monoisotopic (exact) mass is 531 g/mol. The Labute approximate surface area is 223 Å². The molecule has 1 fully saturated rings. The highest BCUT2D eigenvalue weighted by Gasteiger charge is 2.39. The van der Waals surface area contributed by atoms with Crippen LogP contribution in [0.4, 0.5) is 13.6 Å². The molecule has 0 aromatic heterocycles. The number of carboxylic acids is 1. The average molecular weight is 532 g/mol. The number of aliphatic carboxylic acids is 1. The molecule has 1 aliphatic heterocycles. The van der Waals surface area contributed by atoms with Crippen molar-refractivity contribution in [3.05, 3.63) is 65.5 Å². The van der Waals surface area contributed by atoms with Gasteiger partial charge in [0, 0.05) is 32.7 Å². The molecule has 0 spiro atoms. The minimum absolute atomic E-state index is 0.0341. The molecule has 7 nitrogen and oxygen atoms in total. The van der Waals surface area contributed by atoms with E-state index in [-0.39, 0.29) is 32.0 Å². The zero-order valence-corrected chi connectivity index (χ0v) is 22.6. The predicted octanol–water partition coefficient (Wildman–Crippen LogP) is 5.10. The van der Waals surface area contributed by atoms with E-state index in [0.717, 1.165) is 11.3 Å². The van der Waals surface area contributed by atoms with Crippen molar-refractivity contribution in [1.29, 1.82) is 0 Å². The minimum atomic E-state index is -1.36. The molecule has 0 aliphatic carbocycles. The summed E-state index contributed by atoms with van der Waals surface area (Å²) in [6, 6.07) is 12.2. The minimum Gasteiger partial charge on any atom is -0.493 e. The summed E-state index contributed by atoms with van der Waals surface area (Å²) in [6.07, 6.45) is -1.01. The average Bonchev–Trinajstić information content (AvgIpc) is 2.86. The summed E-state index contributed by atoms with van der Waals surface area (Å²) >= 11 is 0. The molecule has 2 atom stereocenters. The van der Waals surface area contributed by atoms with Crippen LogP contribution in [-0.2, 0) is 17.9 Å². The molecular formula is C29H39F2N3O4. The lowest BCUT2D eigenvalue weighted by Crippen LogP contribution is -2.57. The Morgan fingerprint density at radius 1 is 1.13 bits per heavy atom. The van der Waals surface area contributed by atoms with Crippen LogP contribution < -0.4 is 10.1 Å². The van der Waals surface area contributed by atoms with Crippen molar-refractivity contribution in [3.63, 3.8) is 0 Å². The topological polar surface area (TPSA) is 82.1 Å². The quantitative estimate of drug-likeness (QED) is 0.422. The summed E-state index contributed by atoms with van der Waals surface area (Å²) in [5, 5.41) is 12.3. The van der Waals surface area contributed by atoms with Gasteiger partial charge in [-0.3, -0.25) is 9.69 Å². The Bertz CT molecular complexity index is 1060. The van der Waals surface area contributed by atoms with Crippen LogP contribution in [0.3, 0.4) is 0 Å². The number of likely N-dealkylation sites (tertiary alicyclic amines) is 1. The van der Waals surface area contributed by atoms with E-state index in [1.54, 1.807) is 30.9 Å². The number of piperidine rings is 1. The number of benzene rings is 2. The maximum atomic E-state index is 15.5. The molecule has 38 heavy (non-hydrogen) atoms. The van der Waals surface area contributed by atoms with Crippen molar-refractivity contribution in [2.24, 2.45) is 11.3 Å². The zero-order chi connectivity index (χ0) is 27.9. The molecule has 208 valence electrons. The Morgan fingerprint density at radius 2 is 1.76 bits per heavy atom. The Morgan fingerprint density at radius 3 is 2.34 bits per heavy atom. The second-order valence-corrected chi connectivity index (χ2v) is 11.1. The Hall–Kier alpha value is -3.20. The second-order valence-electron chi connectivity index (χ2n) is 11.1. The van der Waals surface area contributed by atoms with Crippen LogP contribution in [0.5, 0.6) is 5.75 Å². The van der Waals surface area contributed by atoms with Crippen LogP contribution in [0.2, 0.25) is 0 Å². The van der Waals surface area contributed by atoms with Gasteiger partial charge >= 0.3 is 12.0 Å². The summed E-state index contributed by atoms with van der Waals surface area (Å²) < 4.78 is 34.7. The van der Waals surface area contributed by atoms with E-state index in [4.69, 9.17) is 4.74 Å². The van der Waals surface area contributed by atoms with Gasteiger partial charge in [-0.25, -0.2) is 13.6 Å². The van der Waals surface area contributed by atoms with Crippen LogP contribution in [0.1, 0.15) is 45.2 Å². The highest BCUT2D eigenvalue weighted by atomic mass is 19.1. The van der Waals surface area contributed by atoms with Gasteiger partial charge in [0.25, 0.3) is 0 Å². The maximum absolute atomic E-state index is 15.5. The molecule has 3 rings (SSSR count). The SMILES string of the molecule is CC(C)COc1ccc(CNC(=O)N(Cc2ccc(F)cc2)[C@H]2CCN(CC(C)(C)C(=O)O)C[C@H]2F)cc1. The van der Waals surface area contributed by atoms with E-state index < -0.39 is 29.6 Å². The molecule has 1 saturated heterocycles. The van der Waals surface area contributed by atoms with Crippen molar-refractivity contribution in [2.75, 3.05) is 26.2 Å². The first-order valence-electron chi connectivity index (χ1n) is 13.0. The third-order valence-electron chi connectivity index (χ3n) is 6.67. The highest BCUT2D eigenvalue weighted by molar-refractivity contribution is 5.75. The van der Waals surface area contributed by atoms with Gasteiger partial charge < -0.3 is 20.1 Å². The fraction of sp³-hybridized carbons (Fsp3) is 0.517. The molecule has 2 N–H and O–H groups in total. The number of ether oxygens (including phenoxy) is 1. The standard InChI is InChI=1S/C29H39F2N3O4/c1-20(2)18-38-24-11-7-21(8-12-24)15-32-28(37)34(16-22-5-9-23(30)10-6-22)26-13-14-33(17-25(26)31)19-29(3,4)27(35)36/h5-12,20,25-26H,13-19H2,1-4H3,(H,32,37)(H,35,36)/t25-,26+/m1/s1. The van der Waals surface area contributed by atoms with Crippen molar-refractivity contribution < 1.29 is 28.2 Å². The van der Waals surface area contributed by atoms with Gasteiger partial charge in [-0.05, 0) is 61.6 Å². The normalized spacial score (nSPS) is 18.3. The zero-order valence-electron chi connectivity index (χ0n) is 22.6. The van der Waals surface area contributed by atoms with Crippen LogP contribution in [0.25, 0.3) is 0 Å². The summed E-state index contributed by atoms with van der Waals surface area (Å²) in [6.45, 7) is 9.10. The number of nitrogens with zero attached hydrogens (tertiary/aromatic N) is 2. The number of nitrogens with one attached hydrogen (secondary N) is 1. The molecule has 9 heteroatoms. The molecule has 0 saturated carbocycles. The Balaban J connectivity index is 1.68. The van der Waals surface area contributed by atoms with Gasteiger partial charge in [0.05, 0.1) is 18.1 Å². The van der Waals surface area contributed by atoms with Gasteiger partial charge in [-0.15, -0.1) is 0 Å². The first-order valence-corrected chi connectivity index (χ1v) is 13.0. The van der Waals surface area contributed by atoms with Crippen LogP contribution >= 0.6 is 0 Å². The van der Waals surface area contributed by atoms with Crippen molar-refractivity contribution >= 4 is 12.0 Å². The van der Waals surface area contributed by atoms with Crippen LogP contribution in [-0.4, -0.2) is 65.4 Å². The fourth-order valence-corrected chi connectivity index (χ4v) is 4.45. The molecule has 2 amide bonds. The van der Waals surface area contributed by atoms with Crippen molar-refractivity contribution in [3.8, 4) is 5.75 Å². The maximum Gasteiger partial charge on any atom is 0.318 e. The predicted molar refractivity (Wildman–Crippen MR) is 142 cm³/mol. The molecule has 0 unspecified atom stereocenters. The lowest BCUT2D eigenvalue weighted by atomic mass is 9.91. The number of carbonyl (C=O) groups is 2. The Kier molecular flexibility index (Phi) is 10.1. The van der Waals surface area contributed by atoms with Crippen molar-refractivity contribution in [2.45, 2.75) is 59.4 Å². The number of rotatable bonds is 11. The summed E-state index contributed by atoms with van der Waals surface area (Å²) in [7, 11) is 0. The number of carbonyl (C=O) groups excluding carboxylic acids is 1. The van der Waals surface area contributed by atoms with E-state index in [2.05, 4.69) is 19.2 Å². The lowest BCUT2D eigenvalue weighted by Gasteiger charge is -2.42. The first-order chi connectivity index (χ1) is 17.9. The van der Waals surface area contributed by atoms with E-state index in [1.807, 2.05) is 24.3 Å². The van der Waals surface area contributed by atoms with Crippen LogP contribution in [0, 0.1) is 17.2 Å². The van der Waals surface area contributed by atoms with Gasteiger partial charge in [-0.2, -0.15) is 0 Å². The molecule has 1 aliphatic rings. The molecule has 2 aromatic carbocycles. The van der Waals surface area contributed by atoms with E-state index >= 15 is 4.39 Å². The molecular weight excluding hydrogens is 492 g/mol. The smallest absolute Gasteiger partial charge is 0.318 e. The van der Waals surface area contributed by atoms with Gasteiger partial charge in [-0.1, -0.05) is 38.1 Å². The van der Waals surface area contributed by atoms with E-state index in [0.29, 0.717) is 31.1 Å². The highest BCUT2D eigenvalue weighted by Crippen LogP contribution is 2.26. The molecule has 1 heterocycles. The third kappa shape index (κ3) is 8.41. The number of amides is 2. The summed E-state index contributed by atoms with van der Waals surface area (Å²) in [5.41, 5.74) is 0.557. The van der Waals surface area contributed by atoms with Crippen LogP contribution in [0.15, 0.2) is 48.5 Å². The number of halogens is 2. The van der Waals surface area contributed by atoms with E-state index in [1.165, 1.54) is 17.0 Å². The van der Waals surface area contributed by atoms with Gasteiger partial charge in [0.2, 0.25) is 0 Å². The number of hydrogen-bond donors (Lipinski definition) is 2. The summed E-state index contributed by atoms with van der Waals surface area (Å²) in [4.78, 5) is 28.1. The molecule has 0 radical (unpaired) electrons. The van der Waals surface area contributed by atoms with Gasteiger partial charge in [0.1, 0.15) is 17.7 Å². The molecule has 2 aromatic rings. The number of alkyl halides is 1. The van der Waals surface area contributed by atoms with E-state index in [9.17, 15) is 19.1 Å². The number of hydrogen-bond acceptors (Lipinski definition) is 4. The number of urea groups is 1. The summed E-state index contributed by atoms with van der Waals surface area (Å²) in [5.74, 6) is -0.157. The largest absolute Gasteiger partial charge is 0.493 e. The third-order valence-corrected chi connectivity index (χ3v) is 6.67. The first kappa shape index (κ1) is 29.4. The lowest BCUT2D eigenvalue weighted by molar-refractivity contribution is -0.148.